The largest absolute Gasteiger partial charge is 0.444 e. The summed E-state index contributed by atoms with van der Waals surface area (Å²) in [5, 5.41) is 2.65. The first kappa shape index (κ1) is 16.9. The Morgan fingerprint density at radius 1 is 1.48 bits per heavy atom. The molecule has 0 saturated carbocycles. The van der Waals surface area contributed by atoms with Gasteiger partial charge in [0.2, 0.25) is 0 Å². The minimum Gasteiger partial charge on any atom is -0.444 e. The second kappa shape index (κ2) is 7.03. The maximum Gasteiger partial charge on any atom is 0.407 e. The van der Waals surface area contributed by atoms with Crippen molar-refractivity contribution in [2.45, 2.75) is 26.4 Å². The fraction of sp³-hybridized carbons (Fsp3) is 0.385. The molecule has 1 aromatic heterocycles. The van der Waals surface area contributed by atoms with Gasteiger partial charge in [0.05, 0.1) is 5.16 Å². The quantitative estimate of drug-likeness (QED) is 0.577. The summed E-state index contributed by atoms with van der Waals surface area (Å²) in [4.78, 5) is 15.6. The van der Waals surface area contributed by atoms with Gasteiger partial charge in [-0.15, -0.1) is 0 Å². The van der Waals surface area contributed by atoms with Crippen molar-refractivity contribution in [1.82, 2.24) is 14.9 Å². The number of halogens is 1. The second-order valence-electron chi connectivity index (χ2n) is 5.27. The molecule has 0 saturated heterocycles. The number of alkyl carbamates (subject to hydrolysis) is 1. The number of carbonyl (C=O) groups excluding carboxylic acids is 1. The number of imidazole rings is 1. The van der Waals surface area contributed by atoms with Gasteiger partial charge < -0.3 is 21.5 Å². The molecule has 5 N–H and O–H groups in total. The first-order valence-corrected chi connectivity index (χ1v) is 6.63. The Labute approximate surface area is 128 Å². The van der Waals surface area contributed by atoms with E-state index in [1.807, 2.05) is 0 Å². The standard InChI is InChI=1S/C13H20ClN5O2/c1-13(2,3)21-12(20)18-7-9(6-10(14)15)11(16)19-5-4-17-8-19/h4-6,8H,7,15-16H2,1-3H3,(H,18,20)/b10-6-,11-9-. The molecule has 1 heterocycles. The van der Waals surface area contributed by atoms with Crippen molar-refractivity contribution in [3.63, 3.8) is 0 Å². The molecular formula is C13H20ClN5O2. The average Bonchev–Trinajstić information content (AvgIpc) is 2.84. The number of ether oxygens (including phenoxy) is 1. The highest BCUT2D eigenvalue weighted by atomic mass is 35.5. The van der Waals surface area contributed by atoms with Gasteiger partial charge in [-0.25, -0.2) is 9.78 Å². The fourth-order valence-corrected chi connectivity index (χ4v) is 1.56. The molecule has 21 heavy (non-hydrogen) atoms. The predicted octanol–water partition coefficient (Wildman–Crippen LogP) is 1.57. The molecule has 0 aliphatic rings. The van der Waals surface area contributed by atoms with E-state index in [9.17, 15) is 4.79 Å². The van der Waals surface area contributed by atoms with Crippen LogP contribution in [-0.4, -0.2) is 27.8 Å². The molecule has 1 amide bonds. The summed E-state index contributed by atoms with van der Waals surface area (Å²) >= 11 is 5.68. The number of nitrogens with zero attached hydrogens (tertiary/aromatic N) is 2. The maximum atomic E-state index is 11.7. The molecular weight excluding hydrogens is 294 g/mol. The zero-order valence-corrected chi connectivity index (χ0v) is 13.0. The van der Waals surface area contributed by atoms with Crippen LogP contribution in [0.4, 0.5) is 4.79 Å². The lowest BCUT2D eigenvalue weighted by molar-refractivity contribution is 0.0533. The Morgan fingerprint density at radius 2 is 2.14 bits per heavy atom. The van der Waals surface area contributed by atoms with Gasteiger partial charge >= 0.3 is 6.09 Å². The van der Waals surface area contributed by atoms with Gasteiger partial charge in [-0.3, -0.25) is 4.57 Å². The molecule has 0 aliphatic carbocycles. The molecule has 0 atom stereocenters. The van der Waals surface area contributed by atoms with E-state index in [2.05, 4.69) is 10.3 Å². The number of amides is 1. The lowest BCUT2D eigenvalue weighted by atomic mass is 10.2. The van der Waals surface area contributed by atoms with Crippen LogP contribution < -0.4 is 16.8 Å². The summed E-state index contributed by atoms with van der Waals surface area (Å²) in [5.74, 6) is 0.354. The first-order chi connectivity index (χ1) is 9.69. The highest BCUT2D eigenvalue weighted by molar-refractivity contribution is 6.29. The number of nitrogens with one attached hydrogen (secondary N) is 1. The normalized spacial score (nSPS) is 13.6. The van der Waals surface area contributed by atoms with Crippen LogP contribution in [0.5, 0.6) is 0 Å². The van der Waals surface area contributed by atoms with E-state index in [-0.39, 0.29) is 11.7 Å². The van der Waals surface area contributed by atoms with Crippen LogP contribution in [0.1, 0.15) is 20.8 Å². The predicted molar refractivity (Wildman–Crippen MR) is 82.0 cm³/mol. The van der Waals surface area contributed by atoms with Crippen LogP contribution in [0.3, 0.4) is 0 Å². The van der Waals surface area contributed by atoms with Crippen LogP contribution >= 0.6 is 11.6 Å². The van der Waals surface area contributed by atoms with E-state index in [1.54, 1.807) is 37.7 Å². The third-order valence-electron chi connectivity index (χ3n) is 2.25. The molecule has 7 nitrogen and oxygen atoms in total. The van der Waals surface area contributed by atoms with Crippen molar-refractivity contribution < 1.29 is 9.53 Å². The Bertz CT molecular complexity index is 539. The average molecular weight is 314 g/mol. The Morgan fingerprint density at radius 3 is 2.62 bits per heavy atom. The summed E-state index contributed by atoms with van der Waals surface area (Å²) in [6, 6.07) is 0. The van der Waals surface area contributed by atoms with Crippen LogP contribution in [0, 0.1) is 0 Å². The van der Waals surface area contributed by atoms with Crippen molar-refractivity contribution in [3.8, 4) is 0 Å². The number of hydrogen-bond donors (Lipinski definition) is 3. The van der Waals surface area contributed by atoms with Gasteiger partial charge in [0.1, 0.15) is 17.7 Å². The van der Waals surface area contributed by atoms with Crippen molar-refractivity contribution >= 4 is 23.5 Å². The molecule has 0 spiro atoms. The topological polar surface area (TPSA) is 108 Å². The molecule has 0 fully saturated rings. The molecule has 0 radical (unpaired) electrons. The summed E-state index contributed by atoms with van der Waals surface area (Å²) in [7, 11) is 0. The van der Waals surface area contributed by atoms with E-state index >= 15 is 0 Å². The molecule has 116 valence electrons. The van der Waals surface area contributed by atoms with Crippen molar-refractivity contribution in [1.29, 1.82) is 0 Å². The summed E-state index contributed by atoms with van der Waals surface area (Å²) in [5.41, 5.74) is 11.4. The smallest absolute Gasteiger partial charge is 0.407 e. The molecule has 0 bridgehead atoms. The van der Waals surface area contributed by atoms with Gasteiger partial charge in [-0.2, -0.15) is 0 Å². The fourth-order valence-electron chi connectivity index (χ4n) is 1.43. The van der Waals surface area contributed by atoms with Crippen molar-refractivity contribution in [2.75, 3.05) is 6.54 Å². The van der Waals surface area contributed by atoms with E-state index in [0.717, 1.165) is 0 Å². The lowest BCUT2D eigenvalue weighted by Gasteiger charge is -2.20. The van der Waals surface area contributed by atoms with Gasteiger partial charge in [0.25, 0.3) is 0 Å². The zero-order valence-electron chi connectivity index (χ0n) is 12.3. The summed E-state index contributed by atoms with van der Waals surface area (Å²) < 4.78 is 6.73. The minimum atomic E-state index is -0.578. The Balaban J connectivity index is 2.84. The number of nitrogens with two attached hydrogens (primary N) is 2. The van der Waals surface area contributed by atoms with Gasteiger partial charge in [0.15, 0.2) is 0 Å². The zero-order chi connectivity index (χ0) is 16.0. The number of aromatic nitrogens is 2. The second-order valence-corrected chi connectivity index (χ2v) is 5.70. The van der Waals surface area contributed by atoms with Crippen molar-refractivity contribution in [3.05, 3.63) is 35.5 Å². The third kappa shape index (κ3) is 6.22. The number of hydrogen-bond acceptors (Lipinski definition) is 5. The summed E-state index contributed by atoms with van der Waals surface area (Å²) in [6.45, 7) is 5.45. The first-order valence-electron chi connectivity index (χ1n) is 6.25. The molecule has 0 unspecified atom stereocenters. The Hall–Kier alpha value is -2.15. The summed E-state index contributed by atoms with van der Waals surface area (Å²) in [6.07, 6.45) is 5.69. The lowest BCUT2D eigenvalue weighted by Crippen LogP contribution is -2.34. The van der Waals surface area contributed by atoms with Gasteiger partial charge in [-0.1, -0.05) is 11.6 Å². The van der Waals surface area contributed by atoms with E-state index in [1.165, 1.54) is 12.4 Å². The molecule has 1 rings (SSSR count). The van der Waals surface area contributed by atoms with Gasteiger partial charge in [-0.05, 0) is 26.8 Å². The maximum absolute atomic E-state index is 11.7. The molecule has 8 heteroatoms. The minimum absolute atomic E-state index is 0.0547. The van der Waals surface area contributed by atoms with Crippen LogP contribution in [0.15, 0.2) is 35.5 Å². The molecule has 0 aromatic carbocycles. The van der Waals surface area contributed by atoms with Crippen LogP contribution in [-0.2, 0) is 4.74 Å². The SMILES string of the molecule is CC(C)(C)OC(=O)NCC(/C=C(\N)Cl)=C(/N)n1ccnc1. The Kier molecular flexibility index (Phi) is 5.66. The third-order valence-corrected chi connectivity index (χ3v) is 2.35. The molecule has 0 aliphatic heterocycles. The van der Waals surface area contributed by atoms with Crippen LogP contribution in [0.25, 0.3) is 5.82 Å². The highest BCUT2D eigenvalue weighted by Gasteiger charge is 2.16. The molecule has 1 aromatic rings. The monoisotopic (exact) mass is 313 g/mol. The van der Waals surface area contributed by atoms with E-state index in [4.69, 9.17) is 27.8 Å². The number of carbonyl (C=O) groups is 1. The van der Waals surface area contributed by atoms with E-state index in [0.29, 0.717) is 11.4 Å². The van der Waals surface area contributed by atoms with E-state index < -0.39 is 11.7 Å². The number of rotatable bonds is 4. The highest BCUT2D eigenvalue weighted by Crippen LogP contribution is 2.10. The van der Waals surface area contributed by atoms with Gasteiger partial charge in [0, 0.05) is 24.5 Å². The van der Waals surface area contributed by atoms with Crippen LogP contribution in [0.2, 0.25) is 0 Å². The van der Waals surface area contributed by atoms with Crippen molar-refractivity contribution in [2.24, 2.45) is 11.5 Å².